The Balaban J connectivity index is 1.38. The Labute approximate surface area is 204 Å². The van der Waals surface area contributed by atoms with Gasteiger partial charge >= 0.3 is 0 Å². The van der Waals surface area contributed by atoms with Gasteiger partial charge in [-0.15, -0.1) is 10.2 Å². The van der Waals surface area contributed by atoms with E-state index in [1.807, 2.05) is 0 Å². The normalized spacial score (nSPS) is 28.9. The summed E-state index contributed by atoms with van der Waals surface area (Å²) in [6.07, 6.45) is 8.20. The maximum absolute atomic E-state index is 13.6. The molecule has 3 atom stereocenters. The second-order valence-electron chi connectivity index (χ2n) is 12.0. The zero-order chi connectivity index (χ0) is 24.0. The van der Waals surface area contributed by atoms with Crippen LogP contribution in [0, 0.1) is 37.5 Å². The number of ketones is 1. The van der Waals surface area contributed by atoms with Crippen molar-refractivity contribution in [1.29, 1.82) is 0 Å². The monoisotopic (exact) mass is 463 g/mol. The lowest BCUT2D eigenvalue weighted by Crippen LogP contribution is -2.27. The summed E-state index contributed by atoms with van der Waals surface area (Å²) < 4.78 is 2.44. The molecule has 5 nitrogen and oxygen atoms in total. The van der Waals surface area contributed by atoms with Crippen molar-refractivity contribution >= 4 is 5.78 Å². The van der Waals surface area contributed by atoms with E-state index in [9.17, 15) is 9.90 Å². The van der Waals surface area contributed by atoms with E-state index in [1.54, 1.807) is 0 Å². The van der Waals surface area contributed by atoms with Crippen molar-refractivity contribution in [3.05, 3.63) is 46.5 Å². The Morgan fingerprint density at radius 2 is 1.79 bits per heavy atom. The molecule has 0 saturated heterocycles. The molecule has 184 valence electrons. The second-order valence-corrected chi connectivity index (χ2v) is 12.0. The van der Waals surface area contributed by atoms with Gasteiger partial charge in [0.25, 0.3) is 0 Å². The molecule has 0 amide bonds. The second kappa shape index (κ2) is 9.56. The average molecular weight is 464 g/mol. The van der Waals surface area contributed by atoms with Crippen LogP contribution in [0.1, 0.15) is 105 Å². The molecule has 2 aromatic rings. The molecule has 1 aromatic heterocycles. The van der Waals surface area contributed by atoms with Crippen molar-refractivity contribution in [1.82, 2.24) is 14.8 Å². The summed E-state index contributed by atoms with van der Waals surface area (Å²) >= 11 is 0. The quantitative estimate of drug-likeness (QED) is 0.519. The number of aliphatic hydroxyl groups excluding tert-OH is 1. The van der Waals surface area contributed by atoms with Gasteiger partial charge in [-0.05, 0) is 87.7 Å². The van der Waals surface area contributed by atoms with Gasteiger partial charge < -0.3 is 9.67 Å². The van der Waals surface area contributed by atoms with Crippen LogP contribution in [0.25, 0.3) is 0 Å². The van der Waals surface area contributed by atoms with Gasteiger partial charge in [0, 0.05) is 36.8 Å². The van der Waals surface area contributed by atoms with E-state index in [2.05, 4.69) is 50.5 Å². The lowest BCUT2D eigenvalue weighted by molar-refractivity contribution is -0.122. The van der Waals surface area contributed by atoms with Crippen LogP contribution >= 0.6 is 0 Å². The van der Waals surface area contributed by atoms with Gasteiger partial charge in [0.15, 0.2) is 0 Å². The number of carbonyl (C=O) groups is 1. The van der Waals surface area contributed by atoms with Crippen LogP contribution in [0.5, 0.6) is 0 Å². The topological polar surface area (TPSA) is 68.0 Å². The van der Waals surface area contributed by atoms with Gasteiger partial charge in [0.1, 0.15) is 17.4 Å². The predicted molar refractivity (Wildman–Crippen MR) is 134 cm³/mol. The molecule has 3 aliphatic rings. The third-order valence-electron chi connectivity index (χ3n) is 8.59. The molecule has 1 heterocycles. The Kier molecular flexibility index (Phi) is 6.67. The minimum absolute atomic E-state index is 0.0730. The number of Topliss-reactive ketones (excluding diaryl/α,β-unsaturated/α-hetero) is 1. The molecule has 5 heteroatoms. The number of hydrogen-bond acceptors (Lipinski definition) is 4. The molecule has 34 heavy (non-hydrogen) atoms. The van der Waals surface area contributed by atoms with E-state index in [1.165, 1.54) is 49.1 Å². The number of aryl methyl sites for hydroxylation is 2. The van der Waals surface area contributed by atoms with Crippen LogP contribution in [-0.4, -0.2) is 32.3 Å². The van der Waals surface area contributed by atoms with E-state index < -0.39 is 0 Å². The van der Waals surface area contributed by atoms with Crippen molar-refractivity contribution in [2.24, 2.45) is 23.7 Å². The van der Waals surface area contributed by atoms with Gasteiger partial charge in [-0.1, -0.05) is 37.6 Å². The first kappa shape index (κ1) is 23.7. The Morgan fingerprint density at radius 1 is 1.06 bits per heavy atom. The molecule has 0 radical (unpaired) electrons. The Hall–Kier alpha value is -2.01. The largest absolute Gasteiger partial charge is 0.396 e. The molecule has 5 rings (SSSR count). The van der Waals surface area contributed by atoms with Gasteiger partial charge in [-0.2, -0.15) is 0 Å². The van der Waals surface area contributed by atoms with Gasteiger partial charge in [0.2, 0.25) is 0 Å². The molecule has 3 saturated carbocycles. The number of benzene rings is 1. The number of nitrogens with zero attached hydrogens (tertiary/aromatic N) is 3. The highest BCUT2D eigenvalue weighted by molar-refractivity contribution is 5.84. The van der Waals surface area contributed by atoms with Gasteiger partial charge in [-0.25, -0.2) is 0 Å². The minimum atomic E-state index is -0.0810. The minimum Gasteiger partial charge on any atom is -0.396 e. The maximum Gasteiger partial charge on any atom is 0.141 e. The number of rotatable bonds is 9. The smallest absolute Gasteiger partial charge is 0.141 e. The average Bonchev–Trinajstić information content (AvgIpc) is 3.36. The summed E-state index contributed by atoms with van der Waals surface area (Å²) in [5, 5.41) is 19.5. The summed E-state index contributed by atoms with van der Waals surface area (Å²) in [6, 6.07) is 6.86. The van der Waals surface area contributed by atoms with Crippen molar-refractivity contribution in [2.75, 3.05) is 6.61 Å². The summed E-state index contributed by atoms with van der Waals surface area (Å²) in [6.45, 7) is 8.95. The van der Waals surface area contributed by atoms with E-state index in [-0.39, 0.29) is 24.4 Å². The van der Waals surface area contributed by atoms with Crippen LogP contribution in [0.15, 0.2) is 18.2 Å². The molecule has 0 spiro atoms. The van der Waals surface area contributed by atoms with Gasteiger partial charge in [-0.3, -0.25) is 4.79 Å². The van der Waals surface area contributed by atoms with Crippen LogP contribution in [0.2, 0.25) is 0 Å². The van der Waals surface area contributed by atoms with Crippen LogP contribution in [0.4, 0.5) is 0 Å². The standard InChI is InChI=1S/C29H41N3O2/c1-17(2)9-20-11-23(12-20)28-30-31-29(32(28)24-7-8-24)26-14-21(16-33)13-25(26)27(34)15-22-6-5-18(3)10-19(22)4/h5-6,10,17,20-21,23-26,33H,7-9,11-16H2,1-4H3/t20?,21?,23?,25-,26-/m0/s1. The predicted octanol–water partition coefficient (Wildman–Crippen LogP) is 5.68. The lowest BCUT2D eigenvalue weighted by atomic mass is 9.71. The first-order valence-electron chi connectivity index (χ1n) is 13.5. The van der Waals surface area contributed by atoms with E-state index in [4.69, 9.17) is 10.2 Å². The summed E-state index contributed by atoms with van der Waals surface area (Å²) in [5.41, 5.74) is 3.53. The summed E-state index contributed by atoms with van der Waals surface area (Å²) in [5.74, 6) is 4.74. The van der Waals surface area contributed by atoms with Crippen molar-refractivity contribution in [3.8, 4) is 0 Å². The molecule has 0 aliphatic heterocycles. The number of hydrogen-bond donors (Lipinski definition) is 1. The highest BCUT2D eigenvalue weighted by Crippen LogP contribution is 2.50. The summed E-state index contributed by atoms with van der Waals surface area (Å²) in [4.78, 5) is 13.6. The molecule has 0 bridgehead atoms. The van der Waals surface area contributed by atoms with E-state index >= 15 is 0 Å². The highest BCUT2D eigenvalue weighted by Gasteiger charge is 2.45. The fraction of sp³-hybridized carbons (Fsp3) is 0.690. The zero-order valence-corrected chi connectivity index (χ0v) is 21.3. The molecule has 1 aromatic carbocycles. The fourth-order valence-corrected chi connectivity index (χ4v) is 6.66. The van der Waals surface area contributed by atoms with E-state index in [0.29, 0.717) is 24.2 Å². The molecule has 3 fully saturated rings. The van der Waals surface area contributed by atoms with Gasteiger partial charge in [0.05, 0.1) is 0 Å². The molecule has 1 unspecified atom stereocenters. The molecular weight excluding hydrogens is 422 g/mol. The molecular formula is C29H41N3O2. The highest BCUT2D eigenvalue weighted by atomic mass is 16.3. The van der Waals surface area contributed by atoms with E-state index in [0.717, 1.165) is 36.1 Å². The Morgan fingerprint density at radius 3 is 2.44 bits per heavy atom. The van der Waals surface area contributed by atoms with Crippen molar-refractivity contribution in [2.45, 2.75) is 96.9 Å². The zero-order valence-electron chi connectivity index (χ0n) is 21.3. The lowest BCUT2D eigenvalue weighted by Gasteiger charge is -2.36. The SMILES string of the molecule is Cc1ccc(CC(=O)[C@H]2CC(CO)C[C@@H]2c2nnc(C3CC(CC(C)C)C3)n2C2CC2)c(C)c1. The van der Waals surface area contributed by atoms with Crippen LogP contribution in [0.3, 0.4) is 0 Å². The first-order chi connectivity index (χ1) is 16.3. The summed E-state index contributed by atoms with van der Waals surface area (Å²) in [7, 11) is 0. The third kappa shape index (κ3) is 4.73. The Bertz CT molecular complexity index is 1030. The first-order valence-corrected chi connectivity index (χ1v) is 13.5. The molecule has 3 aliphatic carbocycles. The van der Waals surface area contributed by atoms with Crippen molar-refractivity contribution in [3.63, 3.8) is 0 Å². The third-order valence-corrected chi connectivity index (χ3v) is 8.59. The van der Waals surface area contributed by atoms with Crippen molar-refractivity contribution < 1.29 is 9.90 Å². The number of aromatic nitrogens is 3. The maximum atomic E-state index is 13.6. The van der Waals surface area contributed by atoms with Crippen LogP contribution < -0.4 is 0 Å². The number of carbonyl (C=O) groups excluding carboxylic acids is 1. The fourth-order valence-electron chi connectivity index (χ4n) is 6.66. The van der Waals surface area contributed by atoms with Crippen LogP contribution in [-0.2, 0) is 11.2 Å². The number of aliphatic hydroxyl groups is 1. The molecule has 1 N–H and O–H groups in total.